The fraction of sp³-hybridized carbons (Fsp3) is 0.357. The molecule has 1 heterocycles. The second-order valence-electron chi connectivity index (χ2n) is 4.44. The molecule has 1 unspecified atom stereocenters. The topological polar surface area (TPSA) is 43.8 Å². The average Bonchev–Trinajstić information content (AvgIpc) is 2.79. The van der Waals surface area contributed by atoms with Gasteiger partial charge in [-0.2, -0.15) is 0 Å². The summed E-state index contributed by atoms with van der Waals surface area (Å²) in [6.07, 6.45) is 5.23. The number of hydrogen-bond donors (Lipinski definition) is 1. The first kappa shape index (κ1) is 12.8. The van der Waals surface area contributed by atoms with E-state index in [0.717, 1.165) is 18.7 Å². The lowest BCUT2D eigenvalue weighted by atomic mass is 10.1. The van der Waals surface area contributed by atoms with Crippen LogP contribution in [0.5, 0.6) is 0 Å². The zero-order chi connectivity index (χ0) is 13.0. The monoisotopic (exact) mass is 247 g/mol. The van der Waals surface area contributed by atoms with Gasteiger partial charge in [-0.05, 0) is 12.5 Å². The number of nitrogens with two attached hydrogens (primary N) is 1. The highest BCUT2D eigenvalue weighted by Crippen LogP contribution is 2.11. The van der Waals surface area contributed by atoms with Crippen molar-refractivity contribution >= 4 is 0 Å². The van der Waals surface area contributed by atoms with Crippen LogP contribution in [0.15, 0.2) is 36.7 Å². The Morgan fingerprint density at radius 1 is 1.39 bits per heavy atom. The summed E-state index contributed by atoms with van der Waals surface area (Å²) in [5.74, 6) is 0.726. The summed E-state index contributed by atoms with van der Waals surface area (Å²) in [6.45, 7) is 2.55. The third-order valence-electron chi connectivity index (χ3n) is 3.07. The molecular formula is C14H18FN3. The van der Waals surface area contributed by atoms with Crippen molar-refractivity contribution in [1.29, 1.82) is 0 Å². The van der Waals surface area contributed by atoms with Gasteiger partial charge in [0.25, 0.3) is 0 Å². The van der Waals surface area contributed by atoms with E-state index in [2.05, 4.69) is 11.9 Å². The molecule has 0 fully saturated rings. The number of aromatic nitrogens is 2. The van der Waals surface area contributed by atoms with Gasteiger partial charge in [0, 0.05) is 30.4 Å². The van der Waals surface area contributed by atoms with Gasteiger partial charge < -0.3 is 10.3 Å². The van der Waals surface area contributed by atoms with Crippen LogP contribution in [0.25, 0.3) is 0 Å². The fourth-order valence-electron chi connectivity index (χ4n) is 1.86. The minimum absolute atomic E-state index is 0.103. The number of benzene rings is 1. The highest BCUT2D eigenvalue weighted by molar-refractivity contribution is 5.18. The van der Waals surface area contributed by atoms with E-state index >= 15 is 0 Å². The van der Waals surface area contributed by atoms with Crippen molar-refractivity contribution in [3.05, 3.63) is 53.9 Å². The van der Waals surface area contributed by atoms with Crippen LogP contribution in [-0.2, 0) is 13.0 Å². The van der Waals surface area contributed by atoms with E-state index in [1.807, 2.05) is 16.8 Å². The Hall–Kier alpha value is -1.68. The van der Waals surface area contributed by atoms with Crippen LogP contribution in [0.1, 0.15) is 24.7 Å². The van der Waals surface area contributed by atoms with E-state index < -0.39 is 0 Å². The summed E-state index contributed by atoms with van der Waals surface area (Å²) >= 11 is 0. The first-order valence-corrected chi connectivity index (χ1v) is 6.19. The SMILES string of the molecule is CCC(N)Cc1nccn1Cc1ccccc1F. The standard InChI is InChI=1S/C14H18FN3/c1-2-12(16)9-14-17-7-8-18(14)10-11-5-3-4-6-13(11)15/h3-8,12H,2,9-10,16H2,1H3. The molecule has 0 aliphatic carbocycles. The predicted octanol–water partition coefficient (Wildman–Crippen LogP) is 2.35. The summed E-state index contributed by atoms with van der Waals surface area (Å²) in [5, 5.41) is 0. The lowest BCUT2D eigenvalue weighted by Gasteiger charge is -2.11. The van der Waals surface area contributed by atoms with Crippen LogP contribution in [0.2, 0.25) is 0 Å². The number of halogens is 1. The average molecular weight is 247 g/mol. The molecule has 4 heteroatoms. The Morgan fingerprint density at radius 2 is 2.17 bits per heavy atom. The molecule has 0 aliphatic rings. The van der Waals surface area contributed by atoms with Crippen molar-refractivity contribution in [3.63, 3.8) is 0 Å². The van der Waals surface area contributed by atoms with Gasteiger partial charge in [0.05, 0.1) is 6.54 Å². The highest BCUT2D eigenvalue weighted by atomic mass is 19.1. The van der Waals surface area contributed by atoms with Crippen molar-refractivity contribution in [3.8, 4) is 0 Å². The van der Waals surface area contributed by atoms with Crippen molar-refractivity contribution in [1.82, 2.24) is 9.55 Å². The van der Waals surface area contributed by atoms with Gasteiger partial charge in [-0.15, -0.1) is 0 Å². The Bertz CT molecular complexity index is 507. The maximum Gasteiger partial charge on any atom is 0.128 e. The maximum absolute atomic E-state index is 13.6. The lowest BCUT2D eigenvalue weighted by molar-refractivity contribution is 0.575. The fourth-order valence-corrected chi connectivity index (χ4v) is 1.86. The van der Waals surface area contributed by atoms with Gasteiger partial charge in [-0.1, -0.05) is 25.1 Å². The summed E-state index contributed by atoms with van der Waals surface area (Å²) in [6, 6.07) is 6.91. The number of hydrogen-bond acceptors (Lipinski definition) is 2. The molecular weight excluding hydrogens is 229 g/mol. The van der Waals surface area contributed by atoms with Crippen LogP contribution in [0.4, 0.5) is 4.39 Å². The first-order chi connectivity index (χ1) is 8.70. The van der Waals surface area contributed by atoms with E-state index in [1.165, 1.54) is 6.07 Å². The molecule has 2 aromatic rings. The van der Waals surface area contributed by atoms with Crippen LogP contribution in [0, 0.1) is 5.82 Å². The van der Waals surface area contributed by atoms with Crippen LogP contribution >= 0.6 is 0 Å². The molecule has 96 valence electrons. The normalized spacial score (nSPS) is 12.6. The molecule has 0 bridgehead atoms. The van der Waals surface area contributed by atoms with Crippen LogP contribution < -0.4 is 5.73 Å². The molecule has 0 aliphatic heterocycles. The van der Waals surface area contributed by atoms with Crippen LogP contribution in [-0.4, -0.2) is 15.6 Å². The summed E-state index contributed by atoms with van der Waals surface area (Å²) in [4.78, 5) is 4.29. The minimum atomic E-state index is -0.183. The van der Waals surface area contributed by atoms with E-state index in [0.29, 0.717) is 12.1 Å². The second kappa shape index (κ2) is 5.78. The van der Waals surface area contributed by atoms with Crippen molar-refractivity contribution < 1.29 is 4.39 Å². The second-order valence-corrected chi connectivity index (χ2v) is 4.44. The Labute approximate surface area is 106 Å². The zero-order valence-electron chi connectivity index (χ0n) is 10.5. The summed E-state index contributed by atoms with van der Waals surface area (Å²) in [7, 11) is 0. The van der Waals surface area contributed by atoms with Gasteiger partial charge in [0.1, 0.15) is 11.6 Å². The molecule has 0 radical (unpaired) electrons. The molecule has 0 amide bonds. The Balaban J connectivity index is 2.15. The van der Waals surface area contributed by atoms with Gasteiger partial charge in [0.2, 0.25) is 0 Å². The zero-order valence-corrected chi connectivity index (χ0v) is 10.5. The van der Waals surface area contributed by atoms with E-state index in [1.54, 1.807) is 18.3 Å². The molecule has 2 rings (SSSR count). The molecule has 2 N–H and O–H groups in total. The van der Waals surface area contributed by atoms with Gasteiger partial charge >= 0.3 is 0 Å². The predicted molar refractivity (Wildman–Crippen MR) is 69.7 cm³/mol. The Kier molecular flexibility index (Phi) is 4.10. The number of nitrogens with zero attached hydrogens (tertiary/aromatic N) is 2. The third kappa shape index (κ3) is 2.96. The molecule has 1 aromatic heterocycles. The van der Waals surface area contributed by atoms with Crippen LogP contribution in [0.3, 0.4) is 0 Å². The molecule has 18 heavy (non-hydrogen) atoms. The summed E-state index contributed by atoms with van der Waals surface area (Å²) < 4.78 is 15.5. The smallest absolute Gasteiger partial charge is 0.128 e. The van der Waals surface area contributed by atoms with Gasteiger partial charge in [-0.3, -0.25) is 0 Å². The minimum Gasteiger partial charge on any atom is -0.330 e. The Morgan fingerprint density at radius 3 is 2.89 bits per heavy atom. The largest absolute Gasteiger partial charge is 0.330 e. The van der Waals surface area contributed by atoms with Gasteiger partial charge in [-0.25, -0.2) is 9.37 Å². The van der Waals surface area contributed by atoms with E-state index in [-0.39, 0.29) is 11.9 Å². The molecule has 0 spiro atoms. The highest BCUT2D eigenvalue weighted by Gasteiger charge is 2.09. The summed E-state index contributed by atoms with van der Waals surface area (Å²) in [5.41, 5.74) is 6.60. The molecule has 3 nitrogen and oxygen atoms in total. The quantitative estimate of drug-likeness (QED) is 0.881. The van der Waals surface area contributed by atoms with Crippen molar-refractivity contribution in [2.45, 2.75) is 32.4 Å². The molecule has 1 aromatic carbocycles. The third-order valence-corrected chi connectivity index (χ3v) is 3.07. The van der Waals surface area contributed by atoms with Gasteiger partial charge in [0.15, 0.2) is 0 Å². The van der Waals surface area contributed by atoms with E-state index in [9.17, 15) is 4.39 Å². The van der Waals surface area contributed by atoms with E-state index in [4.69, 9.17) is 5.73 Å². The number of rotatable bonds is 5. The van der Waals surface area contributed by atoms with Crippen molar-refractivity contribution in [2.24, 2.45) is 5.73 Å². The molecule has 0 saturated carbocycles. The lowest BCUT2D eigenvalue weighted by Crippen LogP contribution is -2.23. The first-order valence-electron chi connectivity index (χ1n) is 6.19. The van der Waals surface area contributed by atoms with Crippen molar-refractivity contribution in [2.75, 3.05) is 0 Å². The molecule has 0 saturated heterocycles. The molecule has 1 atom stereocenters. The maximum atomic E-state index is 13.6. The number of imidazole rings is 1.